The van der Waals surface area contributed by atoms with Crippen molar-refractivity contribution in [2.24, 2.45) is 0 Å². The summed E-state index contributed by atoms with van der Waals surface area (Å²) in [5.74, 6) is -1.02. The molecule has 0 aliphatic rings. The second-order valence-corrected chi connectivity index (χ2v) is 5.09. The molecule has 0 saturated carbocycles. The van der Waals surface area contributed by atoms with Crippen LogP contribution in [0, 0.1) is 0 Å². The van der Waals surface area contributed by atoms with E-state index < -0.39 is 12.6 Å². The maximum absolute atomic E-state index is 12.0. The van der Waals surface area contributed by atoms with Crippen molar-refractivity contribution in [3.8, 4) is 5.75 Å². The molecular formula is C13H10ClNO4S. The van der Waals surface area contributed by atoms with Crippen molar-refractivity contribution in [1.82, 2.24) is 0 Å². The van der Waals surface area contributed by atoms with E-state index in [1.165, 1.54) is 11.3 Å². The lowest BCUT2D eigenvalue weighted by atomic mass is 10.3. The minimum absolute atomic E-state index is 0.319. The molecule has 2 rings (SSSR count). The van der Waals surface area contributed by atoms with Gasteiger partial charge in [-0.25, -0.2) is 4.79 Å². The normalized spacial score (nSPS) is 10.1. The maximum Gasteiger partial charge on any atom is 0.341 e. The van der Waals surface area contributed by atoms with E-state index in [-0.39, 0.29) is 5.91 Å². The Morgan fingerprint density at radius 1 is 1.35 bits per heavy atom. The van der Waals surface area contributed by atoms with Crippen molar-refractivity contribution in [1.29, 1.82) is 0 Å². The molecule has 2 N–H and O–H groups in total. The molecule has 0 aliphatic heterocycles. The molecule has 7 heteroatoms. The summed E-state index contributed by atoms with van der Waals surface area (Å²) in [4.78, 5) is 22.8. The zero-order valence-electron chi connectivity index (χ0n) is 10.1. The lowest BCUT2D eigenvalue weighted by Crippen LogP contribution is -2.12. The van der Waals surface area contributed by atoms with Crippen molar-refractivity contribution in [3.05, 3.63) is 45.6 Å². The van der Waals surface area contributed by atoms with Gasteiger partial charge in [-0.2, -0.15) is 0 Å². The van der Waals surface area contributed by atoms with Gasteiger partial charge in [-0.1, -0.05) is 17.7 Å². The van der Waals surface area contributed by atoms with Crippen LogP contribution in [0.25, 0.3) is 0 Å². The summed E-state index contributed by atoms with van der Waals surface area (Å²) in [6.07, 6.45) is 0. The summed E-state index contributed by atoms with van der Waals surface area (Å²) in [5, 5.41) is 13.3. The Labute approximate surface area is 123 Å². The molecule has 0 saturated heterocycles. The number of halogens is 1. The highest BCUT2D eigenvalue weighted by Gasteiger charge is 2.12. The molecule has 0 radical (unpaired) electrons. The number of carbonyl (C=O) groups excluding carboxylic acids is 1. The fourth-order valence-electron chi connectivity index (χ4n) is 1.45. The van der Waals surface area contributed by atoms with E-state index in [4.69, 9.17) is 21.4 Å². The second kappa shape index (κ2) is 6.40. The summed E-state index contributed by atoms with van der Waals surface area (Å²) in [6, 6.07) is 8.13. The van der Waals surface area contributed by atoms with Crippen molar-refractivity contribution >= 4 is 40.5 Å². The average molecular weight is 312 g/mol. The van der Waals surface area contributed by atoms with Crippen molar-refractivity contribution < 1.29 is 19.4 Å². The number of anilines is 1. The van der Waals surface area contributed by atoms with Gasteiger partial charge in [-0.15, -0.1) is 11.3 Å². The molecule has 0 atom stereocenters. The lowest BCUT2D eigenvalue weighted by molar-refractivity contribution is -0.139. The van der Waals surface area contributed by atoms with Gasteiger partial charge in [0.05, 0.1) is 5.02 Å². The standard InChI is InChI=1S/C13H10ClNO4S/c14-10-4-5-20-12(10)13(18)15-8-2-1-3-9(6-8)19-7-11(16)17/h1-6H,7H2,(H,15,18)(H,16,17). The van der Waals surface area contributed by atoms with Crippen LogP contribution >= 0.6 is 22.9 Å². The Bertz CT molecular complexity index is 641. The molecule has 1 heterocycles. The van der Waals surface area contributed by atoms with Gasteiger partial charge in [0.15, 0.2) is 6.61 Å². The number of benzene rings is 1. The van der Waals surface area contributed by atoms with Gasteiger partial charge in [0.1, 0.15) is 10.6 Å². The van der Waals surface area contributed by atoms with E-state index in [1.807, 2.05) is 0 Å². The first-order valence-corrected chi connectivity index (χ1v) is 6.81. The number of ether oxygens (including phenoxy) is 1. The second-order valence-electron chi connectivity index (χ2n) is 3.76. The largest absolute Gasteiger partial charge is 0.482 e. The van der Waals surface area contributed by atoms with E-state index in [1.54, 1.807) is 35.7 Å². The van der Waals surface area contributed by atoms with Gasteiger partial charge in [0.2, 0.25) is 0 Å². The minimum Gasteiger partial charge on any atom is -0.482 e. The molecule has 0 aliphatic carbocycles. The highest BCUT2D eigenvalue weighted by Crippen LogP contribution is 2.24. The first-order chi connectivity index (χ1) is 9.56. The number of aliphatic carboxylic acids is 1. The molecule has 0 fully saturated rings. The van der Waals surface area contributed by atoms with Crippen LogP contribution in [0.3, 0.4) is 0 Å². The van der Waals surface area contributed by atoms with Gasteiger partial charge in [-0.05, 0) is 23.6 Å². The molecular weight excluding hydrogens is 302 g/mol. The molecule has 1 aromatic heterocycles. The minimum atomic E-state index is -1.06. The number of nitrogens with one attached hydrogen (secondary N) is 1. The van der Waals surface area contributed by atoms with Crippen LogP contribution in [-0.4, -0.2) is 23.6 Å². The molecule has 5 nitrogen and oxygen atoms in total. The first kappa shape index (κ1) is 14.4. The zero-order valence-corrected chi connectivity index (χ0v) is 11.7. The number of amides is 1. The SMILES string of the molecule is O=C(O)COc1cccc(NC(=O)c2sccc2Cl)c1. The quantitative estimate of drug-likeness (QED) is 0.889. The molecule has 1 amide bonds. The fraction of sp³-hybridized carbons (Fsp3) is 0.0769. The van der Waals surface area contributed by atoms with Gasteiger partial charge < -0.3 is 15.2 Å². The predicted molar refractivity (Wildman–Crippen MR) is 76.9 cm³/mol. The van der Waals surface area contributed by atoms with Gasteiger partial charge in [0.25, 0.3) is 5.91 Å². The molecule has 0 unspecified atom stereocenters. The summed E-state index contributed by atoms with van der Waals surface area (Å²) in [6.45, 7) is -0.436. The Kier molecular flexibility index (Phi) is 4.60. The molecule has 104 valence electrons. The summed E-state index contributed by atoms with van der Waals surface area (Å²) in [5.41, 5.74) is 0.502. The summed E-state index contributed by atoms with van der Waals surface area (Å²) >= 11 is 7.12. The third kappa shape index (κ3) is 3.72. The molecule has 2 aromatic rings. The number of hydrogen-bond donors (Lipinski definition) is 2. The summed E-state index contributed by atoms with van der Waals surface area (Å²) < 4.78 is 5.03. The topological polar surface area (TPSA) is 75.6 Å². The van der Waals surface area contributed by atoms with E-state index in [2.05, 4.69) is 5.32 Å². The monoisotopic (exact) mass is 311 g/mol. The van der Waals surface area contributed by atoms with E-state index in [0.717, 1.165) is 0 Å². The summed E-state index contributed by atoms with van der Waals surface area (Å²) in [7, 11) is 0. The molecule has 20 heavy (non-hydrogen) atoms. The van der Waals surface area contributed by atoms with Crippen LogP contribution in [-0.2, 0) is 4.79 Å². The van der Waals surface area contributed by atoms with Crippen molar-refractivity contribution in [2.45, 2.75) is 0 Å². The number of carboxylic acid groups (broad SMARTS) is 1. The first-order valence-electron chi connectivity index (χ1n) is 5.55. The number of hydrogen-bond acceptors (Lipinski definition) is 4. The highest BCUT2D eigenvalue weighted by molar-refractivity contribution is 7.12. The average Bonchev–Trinajstić information content (AvgIpc) is 2.83. The van der Waals surface area contributed by atoms with Crippen LogP contribution in [0.15, 0.2) is 35.7 Å². The smallest absolute Gasteiger partial charge is 0.341 e. The highest BCUT2D eigenvalue weighted by atomic mass is 35.5. The Morgan fingerprint density at radius 2 is 2.15 bits per heavy atom. The van der Waals surface area contributed by atoms with Crippen LogP contribution in [0.4, 0.5) is 5.69 Å². The molecule has 0 spiro atoms. The number of rotatable bonds is 5. The van der Waals surface area contributed by atoms with E-state index in [9.17, 15) is 9.59 Å². The Morgan fingerprint density at radius 3 is 2.80 bits per heavy atom. The van der Waals surface area contributed by atoms with Crippen LogP contribution < -0.4 is 10.1 Å². The van der Waals surface area contributed by atoms with Gasteiger partial charge >= 0.3 is 5.97 Å². The fourth-order valence-corrected chi connectivity index (χ4v) is 2.49. The van der Waals surface area contributed by atoms with Crippen LogP contribution in [0.2, 0.25) is 5.02 Å². The van der Waals surface area contributed by atoms with Gasteiger partial charge in [0, 0.05) is 11.8 Å². The Hall–Kier alpha value is -2.05. The van der Waals surface area contributed by atoms with E-state index in [0.29, 0.717) is 21.3 Å². The van der Waals surface area contributed by atoms with E-state index >= 15 is 0 Å². The van der Waals surface area contributed by atoms with Gasteiger partial charge in [-0.3, -0.25) is 4.79 Å². The lowest BCUT2D eigenvalue weighted by Gasteiger charge is -2.07. The Balaban J connectivity index is 2.06. The number of thiophene rings is 1. The van der Waals surface area contributed by atoms with Crippen molar-refractivity contribution in [3.63, 3.8) is 0 Å². The maximum atomic E-state index is 12.0. The zero-order chi connectivity index (χ0) is 14.5. The molecule has 0 bridgehead atoms. The molecule has 1 aromatic carbocycles. The third-order valence-electron chi connectivity index (χ3n) is 2.28. The van der Waals surface area contributed by atoms with Crippen LogP contribution in [0.5, 0.6) is 5.75 Å². The number of carboxylic acids is 1. The predicted octanol–water partition coefficient (Wildman–Crippen LogP) is 3.12. The van der Waals surface area contributed by atoms with Crippen molar-refractivity contribution in [2.75, 3.05) is 11.9 Å². The van der Waals surface area contributed by atoms with Crippen LogP contribution in [0.1, 0.15) is 9.67 Å². The third-order valence-corrected chi connectivity index (χ3v) is 3.62. The number of carbonyl (C=O) groups is 2.